The maximum atomic E-state index is 14.2. The average molecular weight is 417 g/mol. The molecule has 0 unspecified atom stereocenters. The van der Waals surface area contributed by atoms with Gasteiger partial charge in [-0.1, -0.05) is 5.92 Å². The molecule has 0 saturated heterocycles. The Morgan fingerprint density at radius 1 is 1.23 bits per heavy atom. The van der Waals surface area contributed by atoms with Crippen LogP contribution in [0.1, 0.15) is 37.4 Å². The predicted molar refractivity (Wildman–Crippen MR) is 122 cm³/mol. The molecule has 0 spiro atoms. The molecule has 0 atom stereocenters. The van der Waals surface area contributed by atoms with Crippen LogP contribution in [0.3, 0.4) is 0 Å². The number of anilines is 4. The zero-order chi connectivity index (χ0) is 21.8. The Morgan fingerprint density at radius 2 is 2.03 bits per heavy atom. The Kier molecular flexibility index (Phi) is 4.49. The van der Waals surface area contributed by atoms with Crippen LogP contribution >= 0.6 is 0 Å². The topological polar surface area (TPSA) is 84.3 Å². The number of nitrogens with zero attached hydrogens (tertiary/aromatic N) is 4. The minimum absolute atomic E-state index is 0.132. The zero-order valence-electron chi connectivity index (χ0n) is 17.7. The van der Waals surface area contributed by atoms with Crippen molar-refractivity contribution in [3.8, 4) is 11.8 Å². The van der Waals surface area contributed by atoms with E-state index in [2.05, 4.69) is 33.6 Å². The Hall–Kier alpha value is -3.37. The maximum absolute atomic E-state index is 14.2. The van der Waals surface area contributed by atoms with E-state index in [-0.39, 0.29) is 11.2 Å². The molecule has 3 aromatic rings. The van der Waals surface area contributed by atoms with Crippen molar-refractivity contribution in [2.45, 2.75) is 32.6 Å². The number of hydrazine groups is 1. The number of nitrogens with two attached hydrogens (primary N) is 2. The second-order valence-electron chi connectivity index (χ2n) is 8.69. The molecule has 1 aromatic carbocycles. The van der Waals surface area contributed by atoms with Crippen LogP contribution < -0.4 is 21.5 Å². The average Bonchev–Trinajstić information content (AvgIpc) is 3.48. The molecule has 0 bridgehead atoms. The highest BCUT2D eigenvalue weighted by atomic mass is 19.1. The van der Waals surface area contributed by atoms with Crippen LogP contribution in [0.4, 0.5) is 27.4 Å². The van der Waals surface area contributed by atoms with Crippen LogP contribution in [-0.4, -0.2) is 23.6 Å². The Labute approximate surface area is 181 Å². The molecule has 5 rings (SSSR count). The molecule has 31 heavy (non-hydrogen) atoms. The van der Waals surface area contributed by atoms with Crippen LogP contribution in [-0.2, 0) is 6.42 Å². The van der Waals surface area contributed by atoms with Crippen molar-refractivity contribution in [1.29, 1.82) is 0 Å². The predicted octanol–water partition coefficient (Wildman–Crippen LogP) is 3.90. The Morgan fingerprint density at radius 3 is 2.77 bits per heavy atom. The van der Waals surface area contributed by atoms with Gasteiger partial charge in [-0.15, -0.1) is 0 Å². The lowest BCUT2D eigenvalue weighted by Gasteiger charge is -2.32. The van der Waals surface area contributed by atoms with E-state index in [1.165, 1.54) is 17.1 Å². The highest BCUT2D eigenvalue weighted by Crippen LogP contribution is 2.44. The van der Waals surface area contributed by atoms with Crippen LogP contribution in [0.5, 0.6) is 0 Å². The van der Waals surface area contributed by atoms with E-state index >= 15 is 0 Å². The normalized spacial score (nSPS) is 16.5. The molecule has 3 heterocycles. The number of hydrogen-bond acceptors (Lipinski definition) is 6. The fourth-order valence-corrected chi connectivity index (χ4v) is 4.22. The Balaban J connectivity index is 1.69. The number of rotatable bonds is 2. The van der Waals surface area contributed by atoms with Gasteiger partial charge in [-0.25, -0.2) is 20.2 Å². The van der Waals surface area contributed by atoms with Gasteiger partial charge in [-0.3, -0.25) is 0 Å². The lowest BCUT2D eigenvalue weighted by molar-refractivity contribution is 0.629. The van der Waals surface area contributed by atoms with Crippen LogP contribution in [0.25, 0.3) is 10.8 Å². The quantitative estimate of drug-likeness (QED) is 0.375. The van der Waals surface area contributed by atoms with Gasteiger partial charge in [0.1, 0.15) is 23.0 Å². The van der Waals surface area contributed by atoms with Gasteiger partial charge >= 0.3 is 0 Å². The molecular formula is C24H25FN6. The summed E-state index contributed by atoms with van der Waals surface area (Å²) in [5.74, 6) is 13.3. The van der Waals surface area contributed by atoms with Gasteiger partial charge in [-0.05, 0) is 62.8 Å². The zero-order valence-corrected chi connectivity index (χ0v) is 17.7. The van der Waals surface area contributed by atoms with E-state index in [9.17, 15) is 4.39 Å². The summed E-state index contributed by atoms with van der Waals surface area (Å²) in [4.78, 5) is 11.3. The number of aromatic nitrogens is 2. The summed E-state index contributed by atoms with van der Waals surface area (Å²) in [7, 11) is 1.70. The first-order valence-electron chi connectivity index (χ1n) is 10.5. The van der Waals surface area contributed by atoms with Crippen molar-refractivity contribution < 1.29 is 4.39 Å². The van der Waals surface area contributed by atoms with Crippen molar-refractivity contribution >= 4 is 33.8 Å². The van der Waals surface area contributed by atoms with E-state index in [0.29, 0.717) is 22.7 Å². The molecule has 0 radical (unpaired) electrons. The third kappa shape index (κ3) is 3.43. The maximum Gasteiger partial charge on any atom is 0.151 e. The molecule has 4 N–H and O–H groups in total. The van der Waals surface area contributed by atoms with Gasteiger partial charge in [-0.2, -0.15) is 0 Å². The van der Waals surface area contributed by atoms with Gasteiger partial charge in [0.05, 0.1) is 0 Å². The molecule has 2 aliphatic rings. The summed E-state index contributed by atoms with van der Waals surface area (Å²) in [6.45, 7) is 2.93. The monoisotopic (exact) mass is 416 g/mol. The molecule has 2 aromatic heterocycles. The summed E-state index contributed by atoms with van der Waals surface area (Å²) in [5, 5.41) is 2.85. The number of nitrogen functional groups attached to an aromatic ring is 1. The second-order valence-corrected chi connectivity index (χ2v) is 8.69. The molecule has 0 amide bonds. The molecule has 6 nitrogen and oxygen atoms in total. The van der Waals surface area contributed by atoms with Crippen molar-refractivity contribution in [2.24, 2.45) is 11.3 Å². The van der Waals surface area contributed by atoms with Gasteiger partial charge in [0.2, 0.25) is 0 Å². The number of halogens is 1. The molecule has 7 heteroatoms. The Bertz CT molecular complexity index is 1250. The first-order valence-corrected chi connectivity index (χ1v) is 10.5. The van der Waals surface area contributed by atoms with E-state index in [1.807, 2.05) is 6.07 Å². The number of pyridine rings is 2. The molecule has 158 valence electrons. The van der Waals surface area contributed by atoms with E-state index in [1.54, 1.807) is 19.3 Å². The van der Waals surface area contributed by atoms with Crippen molar-refractivity contribution in [3.63, 3.8) is 0 Å². The first kappa shape index (κ1) is 19.6. The summed E-state index contributed by atoms with van der Waals surface area (Å²) < 4.78 is 14.2. The van der Waals surface area contributed by atoms with Crippen molar-refractivity contribution in [2.75, 3.05) is 29.2 Å². The summed E-state index contributed by atoms with van der Waals surface area (Å²) in [6, 6.07) is 6.59. The van der Waals surface area contributed by atoms with Gasteiger partial charge in [0.25, 0.3) is 0 Å². The summed E-state index contributed by atoms with van der Waals surface area (Å²) in [6.07, 6.45) is 5.88. The lowest BCUT2D eigenvalue weighted by Crippen LogP contribution is -2.29. The summed E-state index contributed by atoms with van der Waals surface area (Å²) in [5.41, 5.74) is 9.93. The highest BCUT2D eigenvalue weighted by molar-refractivity contribution is 6.05. The minimum Gasteiger partial charge on any atom is -0.382 e. The van der Waals surface area contributed by atoms with Crippen molar-refractivity contribution in [3.05, 3.63) is 47.5 Å². The fraction of sp³-hybridized carbons (Fsp3) is 0.333. The summed E-state index contributed by atoms with van der Waals surface area (Å²) >= 11 is 0. The largest absolute Gasteiger partial charge is 0.382 e. The molecule has 1 aliphatic carbocycles. The first-order chi connectivity index (χ1) is 14.9. The van der Waals surface area contributed by atoms with Gasteiger partial charge in [0.15, 0.2) is 5.82 Å². The second kappa shape index (κ2) is 7.10. The number of hydrogen-bond donors (Lipinski definition) is 2. The van der Waals surface area contributed by atoms with Crippen molar-refractivity contribution in [1.82, 2.24) is 9.97 Å². The van der Waals surface area contributed by atoms with Crippen LogP contribution in [0.2, 0.25) is 0 Å². The highest BCUT2D eigenvalue weighted by Gasteiger charge is 2.35. The van der Waals surface area contributed by atoms with E-state index in [4.69, 9.17) is 11.6 Å². The standard InChI is InChI=1S/C24H25FN6/c1-24(10-11-24)9-7-19-17-4-3-13-31(20(17)8-12-28-19)23-18-14-15(25)5-6-16(18)21(30(2)27)22(26)29-23/h5-6,8,12,14H,3-4,10-11,13,27H2,1-2H3,(H2,26,29). The lowest BCUT2D eigenvalue weighted by atomic mass is 9.99. The third-order valence-corrected chi connectivity index (χ3v) is 6.17. The molecule has 1 fully saturated rings. The van der Waals surface area contributed by atoms with Crippen LogP contribution in [0.15, 0.2) is 30.5 Å². The van der Waals surface area contributed by atoms with Gasteiger partial charge in [0, 0.05) is 47.2 Å². The minimum atomic E-state index is -0.331. The number of benzene rings is 1. The SMILES string of the molecule is CN(N)c1c(N)nc(N2CCCc3c2ccnc3C#CC2(C)CC2)c2cc(F)ccc12. The molecule has 1 saturated carbocycles. The number of fused-ring (bicyclic) bond motifs is 2. The van der Waals surface area contributed by atoms with Gasteiger partial charge < -0.3 is 15.6 Å². The molecule has 1 aliphatic heterocycles. The van der Waals surface area contributed by atoms with Crippen LogP contribution in [0, 0.1) is 23.1 Å². The smallest absolute Gasteiger partial charge is 0.151 e. The van der Waals surface area contributed by atoms with E-state index in [0.717, 1.165) is 54.6 Å². The molecular weight excluding hydrogens is 391 g/mol. The third-order valence-electron chi connectivity index (χ3n) is 6.17. The fourth-order valence-electron chi connectivity index (χ4n) is 4.22. The van der Waals surface area contributed by atoms with E-state index < -0.39 is 0 Å².